The van der Waals surface area contributed by atoms with E-state index in [1.807, 2.05) is 0 Å². The van der Waals surface area contributed by atoms with Crippen LogP contribution >= 0.6 is 11.6 Å². The number of hydrogen-bond donors (Lipinski definition) is 0. The van der Waals surface area contributed by atoms with Crippen LogP contribution < -0.4 is 0 Å². The number of nitro groups is 1. The van der Waals surface area contributed by atoms with Crippen molar-refractivity contribution >= 4 is 23.1 Å². The monoisotopic (exact) mass is 787 g/mol. The second-order valence-corrected chi connectivity index (χ2v) is 3.50. The molecule has 0 atom stereocenters. The quantitative estimate of drug-likeness (QED) is 0.269. The van der Waals surface area contributed by atoms with Gasteiger partial charge in [-0.2, -0.15) is 5.10 Å². The molecule has 2 aromatic heterocycles. The molecule has 0 saturated carbocycles. The minimum absolute atomic E-state index is 0. The van der Waals surface area contributed by atoms with Crippen LogP contribution in [-0.4, -0.2) is 24.7 Å². The molecule has 0 bridgehead atoms. The van der Waals surface area contributed by atoms with Crippen LogP contribution in [0.4, 0.5) is 11.5 Å². The molecule has 0 saturated heterocycles. The fourth-order valence-corrected chi connectivity index (χ4v) is 1.34. The number of halogens is 1. The van der Waals surface area contributed by atoms with Gasteiger partial charge in [0.15, 0.2) is 0 Å². The second-order valence-electron chi connectivity index (χ2n) is 3.17. The van der Waals surface area contributed by atoms with E-state index in [0.717, 1.165) is 6.20 Å². The van der Waals surface area contributed by atoms with Gasteiger partial charge in [0.05, 0.1) is 11.5 Å². The summed E-state index contributed by atoms with van der Waals surface area (Å²) in [5, 5.41) is 14.2. The molecule has 2 heterocycles. The largest absolute Gasteiger partial charge is 0.482 e. The molecule has 2 aromatic rings. The molecule has 92 valence electrons. The molecule has 0 radical (unpaired) electrons. The van der Waals surface area contributed by atoms with Gasteiger partial charge in [0, 0.05) is 6.20 Å². The van der Waals surface area contributed by atoms with Crippen molar-refractivity contribution in [3.8, 4) is 0 Å². The maximum Gasteiger partial charge on any atom is 0.307 e. The first-order chi connectivity index (χ1) is 8.06. The molecule has 0 aliphatic heterocycles. The molecule has 0 aliphatic carbocycles. The van der Waals surface area contributed by atoms with Crippen molar-refractivity contribution in [2.45, 2.75) is 6.54 Å². The Morgan fingerprint density at radius 3 is 2.63 bits per heavy atom. The molecule has 0 amide bonds. The van der Waals surface area contributed by atoms with Crippen molar-refractivity contribution in [3.05, 3.63) is 45.3 Å². The summed E-state index contributed by atoms with van der Waals surface area (Å²) in [6, 6.07) is 0. The predicted octanol–water partition coefficient (Wildman–Crippen LogP) is 1.97. The first kappa shape index (κ1) is 14.8. The first-order valence-electron chi connectivity index (χ1n) is 4.46. The Kier molecular flexibility index (Phi) is 4.05. The van der Waals surface area contributed by atoms with Gasteiger partial charge in [-0.15, -0.1) is 0 Å². The SMILES string of the molecule is [NH-]c1nc(Cl)ncc1Cn1cc([N+](=O)[O-])cn1.[Rf].[Rf]. The summed E-state index contributed by atoms with van der Waals surface area (Å²) >= 11 is 5.51. The average Bonchev–Trinajstić information content (AvgIpc) is 2.71. The molecular formula is C8H6ClN6O2Rf2-. The van der Waals surface area contributed by atoms with Crippen molar-refractivity contribution in [1.82, 2.24) is 19.7 Å². The molecule has 19 heavy (non-hydrogen) atoms. The molecule has 2 rings (SSSR count). The van der Waals surface area contributed by atoms with Crippen LogP contribution in [-0.2, 0) is 6.54 Å². The van der Waals surface area contributed by atoms with Crippen LogP contribution in [0.5, 0.6) is 0 Å². The summed E-state index contributed by atoms with van der Waals surface area (Å²) in [7, 11) is 0. The number of hydrogen-bond acceptors (Lipinski definition) is 5. The minimum Gasteiger partial charge on any atom is -0.482 e. The zero-order valence-corrected chi connectivity index (χ0v) is 23.3. The number of nitrogens with one attached hydrogen (secondary N) is 1. The Balaban J connectivity index is 0.00000162. The van der Waals surface area contributed by atoms with Gasteiger partial charge in [0.1, 0.15) is 17.7 Å². The van der Waals surface area contributed by atoms with E-state index in [4.69, 9.17) is 17.3 Å². The predicted molar refractivity (Wildman–Crippen MR) is 59.0 cm³/mol. The van der Waals surface area contributed by atoms with Crippen LogP contribution in [0.25, 0.3) is 5.73 Å². The Morgan fingerprint density at radius 1 is 1.42 bits per heavy atom. The van der Waals surface area contributed by atoms with Gasteiger partial charge in [0.25, 0.3) is 0 Å². The van der Waals surface area contributed by atoms with Crippen LogP contribution in [0, 0.1) is 10.1 Å². The van der Waals surface area contributed by atoms with Gasteiger partial charge in [0.2, 0.25) is 0 Å². The topological polar surface area (TPSA) is 111 Å². The van der Waals surface area contributed by atoms with Crippen LogP contribution in [0.1, 0.15) is 5.56 Å². The van der Waals surface area contributed by atoms with E-state index in [9.17, 15) is 10.1 Å². The molecule has 0 spiro atoms. The zero-order valence-electron chi connectivity index (χ0n) is 9.78. The number of aromatic nitrogens is 4. The van der Waals surface area contributed by atoms with Crippen LogP contribution in [0.3, 0.4) is 0 Å². The fraction of sp³-hybridized carbons (Fsp3) is 0.125. The summed E-state index contributed by atoms with van der Waals surface area (Å²) in [6.45, 7) is 0.184. The molecule has 0 unspecified atom stereocenters. The van der Waals surface area contributed by atoms with E-state index in [2.05, 4.69) is 15.1 Å². The number of rotatable bonds is 3. The molecule has 11 heteroatoms. The van der Waals surface area contributed by atoms with E-state index >= 15 is 0 Å². The Labute approximate surface area is 100 Å². The number of nitrogens with zero attached hydrogens (tertiary/aromatic N) is 5. The van der Waals surface area contributed by atoms with Gasteiger partial charge in [-0.3, -0.25) is 14.8 Å². The van der Waals surface area contributed by atoms with E-state index in [1.165, 1.54) is 17.1 Å². The van der Waals surface area contributed by atoms with Crippen LogP contribution in [0.2, 0.25) is 5.28 Å². The van der Waals surface area contributed by atoms with Gasteiger partial charge in [-0.1, -0.05) is 17.4 Å². The standard InChI is InChI=1S/C8H6ClN6O2.2Rf/c9-8-11-1-5(7(10)13-8)3-14-4-6(2-12-14)15(16)17;;/h1-2,4H,3H2,(H-,10,11,13);;/q-1;;. The maximum absolute atomic E-state index is 10.5. The summed E-state index contributed by atoms with van der Waals surface area (Å²) in [5.41, 5.74) is 7.92. The first-order valence-corrected chi connectivity index (χ1v) is 4.84. The molecule has 1 N–H and O–H groups in total. The van der Waals surface area contributed by atoms with Gasteiger partial charge >= 0.3 is 5.69 Å². The van der Waals surface area contributed by atoms with Crippen molar-refractivity contribution in [1.29, 1.82) is 0 Å². The Morgan fingerprint density at radius 2 is 2.11 bits per heavy atom. The summed E-state index contributed by atoms with van der Waals surface area (Å²) in [5.74, 6) is -0.0249. The van der Waals surface area contributed by atoms with E-state index in [1.54, 1.807) is 0 Å². The molecule has 0 aromatic carbocycles. The fourth-order valence-electron chi connectivity index (χ4n) is 1.21. The van der Waals surface area contributed by atoms with Gasteiger partial charge in [-0.25, -0.2) is 4.98 Å². The molecule has 0 fully saturated rings. The van der Waals surface area contributed by atoms with Crippen molar-refractivity contribution in [2.24, 2.45) is 0 Å². The third kappa shape index (κ3) is 2.88. The van der Waals surface area contributed by atoms with Crippen molar-refractivity contribution in [2.75, 3.05) is 0 Å². The molecule has 0 aliphatic rings. The maximum atomic E-state index is 10.5. The van der Waals surface area contributed by atoms with Gasteiger partial charge < -0.3 is 10.7 Å². The molecular weight excluding hydrogens is 782 g/mol. The van der Waals surface area contributed by atoms with Crippen molar-refractivity contribution < 1.29 is 4.92 Å². The average molecular weight is 788 g/mol. The summed E-state index contributed by atoms with van der Waals surface area (Å²) in [4.78, 5) is 17.3. The third-order valence-electron chi connectivity index (χ3n) is 2.00. The van der Waals surface area contributed by atoms with Gasteiger partial charge in [-0.05, 0) is 5.56 Å². The normalized spacial score (nSPS) is 9.32. The van der Waals surface area contributed by atoms with E-state index in [-0.39, 0.29) is 23.3 Å². The Hall–Kier alpha value is -4.22. The smallest absolute Gasteiger partial charge is 0.307 e. The van der Waals surface area contributed by atoms with E-state index in [0.29, 0.717) is 5.56 Å². The minimum atomic E-state index is -0.538. The second kappa shape index (κ2) is 5.21. The Bertz CT molecular complexity index is 578. The zero-order chi connectivity index (χ0) is 12.4. The summed E-state index contributed by atoms with van der Waals surface area (Å²) < 4.78 is 1.34. The molecule has 8 nitrogen and oxygen atoms in total. The summed E-state index contributed by atoms with van der Waals surface area (Å²) in [6.07, 6.45) is 3.81. The van der Waals surface area contributed by atoms with Crippen molar-refractivity contribution in [3.63, 3.8) is 0 Å². The van der Waals surface area contributed by atoms with E-state index < -0.39 is 4.92 Å². The third-order valence-corrected chi connectivity index (χ3v) is 2.18. The van der Waals surface area contributed by atoms with Crippen LogP contribution in [0.15, 0.2) is 18.6 Å².